The number of aliphatic hydroxyl groups is 1. The molecule has 0 fully saturated rings. The monoisotopic (exact) mass is 328 g/mol. The van der Waals surface area contributed by atoms with E-state index in [1.54, 1.807) is 6.92 Å². The molecule has 0 spiro atoms. The Morgan fingerprint density at radius 3 is 2.33 bits per heavy atom. The van der Waals surface area contributed by atoms with Gasteiger partial charge in [-0.3, -0.25) is 9.05 Å². The number of nitrogens with zero attached hydrogens (tertiary/aromatic N) is 1. The largest absolute Gasteiger partial charge is 0.474 e. The van der Waals surface area contributed by atoms with E-state index in [-0.39, 0.29) is 6.61 Å². The Hall–Kier alpha value is -0.0100. The summed E-state index contributed by atoms with van der Waals surface area (Å²) in [4.78, 5) is 9.53. The zero-order valence-electron chi connectivity index (χ0n) is 13.8. The molecule has 0 heterocycles. The maximum atomic E-state index is 11.7. The molecule has 0 radical (unpaired) electrons. The summed E-state index contributed by atoms with van der Waals surface area (Å²) in [6.07, 6.45) is 0.805. The van der Waals surface area contributed by atoms with E-state index in [1.807, 2.05) is 21.1 Å². The first kappa shape index (κ1) is 21.0. The normalized spacial score (nSPS) is 18.2. The second-order valence-electron chi connectivity index (χ2n) is 6.09. The predicted molar refractivity (Wildman–Crippen MR) is 80.7 cm³/mol. The molecule has 0 amide bonds. The van der Waals surface area contributed by atoms with Gasteiger partial charge in [-0.15, -0.1) is 0 Å². The third-order valence-corrected chi connectivity index (χ3v) is 3.78. The summed E-state index contributed by atoms with van der Waals surface area (Å²) in [5, 5.41) is 9.71. The Labute approximate surface area is 128 Å². The van der Waals surface area contributed by atoms with E-state index in [0.717, 1.165) is 19.3 Å². The van der Waals surface area contributed by atoms with E-state index in [0.29, 0.717) is 17.6 Å². The number of unbranched alkanes of at least 4 members (excludes halogenated alkanes) is 2. The quantitative estimate of drug-likeness (QED) is 0.246. The van der Waals surface area contributed by atoms with Crippen LogP contribution in [-0.2, 0) is 18.3 Å². The van der Waals surface area contributed by atoms with Crippen LogP contribution in [-0.4, -0.2) is 67.8 Å². The Kier molecular flexibility index (Phi) is 9.89. The highest BCUT2D eigenvalue weighted by atomic mass is 31.2. The van der Waals surface area contributed by atoms with Crippen LogP contribution < -0.4 is 0 Å². The maximum absolute atomic E-state index is 11.7. The van der Waals surface area contributed by atoms with Crippen LogP contribution >= 0.6 is 7.82 Å². The standard InChI is InChI=1S/C13H30NO6P/c1-6-7-8-10-18-12(2)13(15)20-21(16,17)19-11-9-14(3,4)5/h12-13,15H,6-11H2,1-5H3/p+1. The third-order valence-electron chi connectivity index (χ3n) is 2.79. The number of rotatable bonds is 12. The molecule has 7 nitrogen and oxygen atoms in total. The van der Waals surface area contributed by atoms with Crippen molar-refractivity contribution in [3.63, 3.8) is 0 Å². The van der Waals surface area contributed by atoms with Crippen LogP contribution in [0.25, 0.3) is 0 Å². The van der Waals surface area contributed by atoms with Crippen molar-refractivity contribution in [2.45, 2.75) is 45.5 Å². The molecule has 128 valence electrons. The van der Waals surface area contributed by atoms with Crippen LogP contribution in [0, 0.1) is 0 Å². The summed E-state index contributed by atoms with van der Waals surface area (Å²) >= 11 is 0. The Morgan fingerprint density at radius 2 is 1.81 bits per heavy atom. The molecule has 0 aromatic rings. The molecule has 0 aromatic heterocycles. The van der Waals surface area contributed by atoms with Crippen molar-refractivity contribution in [1.29, 1.82) is 0 Å². The van der Waals surface area contributed by atoms with E-state index in [1.165, 1.54) is 0 Å². The minimum absolute atomic E-state index is 0.0652. The number of phosphoric ester groups is 1. The number of aliphatic hydroxyl groups excluding tert-OH is 1. The highest BCUT2D eigenvalue weighted by Crippen LogP contribution is 2.44. The van der Waals surface area contributed by atoms with Crippen LogP contribution in [0.5, 0.6) is 0 Å². The van der Waals surface area contributed by atoms with Crippen LogP contribution in [0.2, 0.25) is 0 Å². The third kappa shape index (κ3) is 12.2. The van der Waals surface area contributed by atoms with Gasteiger partial charge in [-0.05, 0) is 13.3 Å². The lowest BCUT2D eigenvalue weighted by Crippen LogP contribution is -2.37. The van der Waals surface area contributed by atoms with Crippen LogP contribution in [0.1, 0.15) is 33.1 Å². The topological polar surface area (TPSA) is 85.2 Å². The molecule has 0 rings (SSSR count). The van der Waals surface area contributed by atoms with Gasteiger partial charge in [0, 0.05) is 6.61 Å². The first-order valence-electron chi connectivity index (χ1n) is 7.33. The lowest BCUT2D eigenvalue weighted by atomic mass is 10.3. The number of hydrogen-bond donors (Lipinski definition) is 2. The van der Waals surface area contributed by atoms with Crippen LogP contribution in [0.4, 0.5) is 0 Å². The van der Waals surface area contributed by atoms with Gasteiger partial charge in [0.15, 0.2) is 6.29 Å². The molecule has 8 heteroatoms. The molecule has 3 atom stereocenters. The summed E-state index contributed by atoms with van der Waals surface area (Å²) in [7, 11) is 1.54. The van der Waals surface area contributed by atoms with Gasteiger partial charge < -0.3 is 19.2 Å². The van der Waals surface area contributed by atoms with Crippen LogP contribution in [0.15, 0.2) is 0 Å². The number of quaternary nitrogens is 1. The first-order valence-corrected chi connectivity index (χ1v) is 8.83. The van der Waals surface area contributed by atoms with Crippen LogP contribution in [0.3, 0.4) is 0 Å². The molecule has 3 unspecified atom stereocenters. The Bertz CT molecular complexity index is 320. The van der Waals surface area contributed by atoms with Gasteiger partial charge in [-0.25, -0.2) is 4.57 Å². The first-order chi connectivity index (χ1) is 9.57. The highest BCUT2D eigenvalue weighted by Gasteiger charge is 2.29. The van der Waals surface area contributed by atoms with Gasteiger partial charge in [0.1, 0.15) is 19.3 Å². The van der Waals surface area contributed by atoms with Gasteiger partial charge >= 0.3 is 7.82 Å². The van der Waals surface area contributed by atoms with Gasteiger partial charge in [0.2, 0.25) is 0 Å². The number of ether oxygens (including phenoxy) is 1. The minimum atomic E-state index is -4.27. The van der Waals surface area contributed by atoms with E-state index in [9.17, 15) is 14.6 Å². The summed E-state index contributed by atoms with van der Waals surface area (Å²) in [6, 6.07) is 0. The van der Waals surface area contributed by atoms with Crippen molar-refractivity contribution in [2.75, 3.05) is 40.9 Å². The van der Waals surface area contributed by atoms with Crippen molar-refractivity contribution in [3.05, 3.63) is 0 Å². The number of hydrogen-bond acceptors (Lipinski definition) is 5. The second kappa shape index (κ2) is 9.90. The molecule has 2 N–H and O–H groups in total. The van der Waals surface area contributed by atoms with Gasteiger partial charge in [-0.2, -0.15) is 0 Å². The molecular weight excluding hydrogens is 297 g/mol. The average molecular weight is 328 g/mol. The summed E-state index contributed by atoms with van der Waals surface area (Å²) in [6.45, 7) is 4.76. The molecule has 0 aliphatic carbocycles. The van der Waals surface area contributed by atoms with Gasteiger partial charge in [0.25, 0.3) is 0 Å². The van der Waals surface area contributed by atoms with Crippen molar-refractivity contribution >= 4 is 7.82 Å². The Morgan fingerprint density at radius 1 is 1.19 bits per heavy atom. The molecular formula is C13H31NO6P+. The smallest absolute Gasteiger partial charge is 0.373 e. The highest BCUT2D eigenvalue weighted by molar-refractivity contribution is 7.47. The number of likely N-dealkylation sites (N-methyl/N-ethyl adjacent to an activating group) is 1. The number of phosphoric acid groups is 1. The fourth-order valence-corrected chi connectivity index (χ4v) is 2.20. The van der Waals surface area contributed by atoms with Crippen molar-refractivity contribution in [2.24, 2.45) is 0 Å². The van der Waals surface area contributed by atoms with E-state index in [4.69, 9.17) is 9.26 Å². The Balaban J connectivity index is 4.04. The van der Waals surface area contributed by atoms with Gasteiger partial charge in [0.05, 0.1) is 21.1 Å². The van der Waals surface area contributed by atoms with Gasteiger partial charge in [-0.1, -0.05) is 19.8 Å². The molecule has 0 saturated carbocycles. The van der Waals surface area contributed by atoms with E-state index < -0.39 is 20.2 Å². The summed E-state index contributed by atoms with van der Waals surface area (Å²) in [5.41, 5.74) is 0. The zero-order chi connectivity index (χ0) is 16.5. The van der Waals surface area contributed by atoms with Crippen molar-refractivity contribution in [1.82, 2.24) is 0 Å². The zero-order valence-corrected chi connectivity index (χ0v) is 14.7. The maximum Gasteiger partial charge on any atom is 0.474 e. The molecule has 0 aliphatic heterocycles. The second-order valence-corrected chi connectivity index (χ2v) is 7.50. The molecule has 0 aromatic carbocycles. The molecule has 0 aliphatic rings. The molecule has 21 heavy (non-hydrogen) atoms. The fraction of sp³-hybridized carbons (Fsp3) is 1.00. The van der Waals surface area contributed by atoms with Crippen molar-refractivity contribution < 1.29 is 32.8 Å². The average Bonchev–Trinajstić information content (AvgIpc) is 2.31. The predicted octanol–water partition coefficient (Wildman–Crippen LogP) is 1.74. The lowest BCUT2D eigenvalue weighted by molar-refractivity contribution is -0.870. The minimum Gasteiger partial charge on any atom is -0.373 e. The molecule has 0 saturated heterocycles. The lowest BCUT2D eigenvalue weighted by Gasteiger charge is -2.25. The van der Waals surface area contributed by atoms with E-state index in [2.05, 4.69) is 11.4 Å². The molecule has 0 bridgehead atoms. The van der Waals surface area contributed by atoms with E-state index >= 15 is 0 Å². The summed E-state index contributed by atoms with van der Waals surface area (Å²) in [5.74, 6) is 0. The van der Waals surface area contributed by atoms with Crippen molar-refractivity contribution in [3.8, 4) is 0 Å². The summed E-state index contributed by atoms with van der Waals surface area (Å²) < 4.78 is 27.1. The SMILES string of the molecule is CCCCCOC(C)C(O)OP(=O)(O)OCC[N+](C)(C)C. The fourth-order valence-electron chi connectivity index (χ4n) is 1.39.